The summed E-state index contributed by atoms with van der Waals surface area (Å²) in [6, 6.07) is 16.6. The molecule has 0 saturated carbocycles. The number of benzene rings is 2. The van der Waals surface area contributed by atoms with Crippen molar-refractivity contribution >= 4 is 21.6 Å². The number of halogens is 1. The number of aliphatic imine (C=N–C) groups is 1. The molecule has 1 aliphatic heterocycles. The molecular weight excluding hydrogens is 378 g/mol. The highest BCUT2D eigenvalue weighted by molar-refractivity contribution is 9.10. The summed E-state index contributed by atoms with van der Waals surface area (Å²) in [4.78, 5) is 4.87. The first-order chi connectivity index (χ1) is 12.3. The van der Waals surface area contributed by atoms with Gasteiger partial charge in [-0.15, -0.1) is 10.2 Å². The van der Waals surface area contributed by atoms with Crippen molar-refractivity contribution in [2.24, 2.45) is 4.99 Å². The summed E-state index contributed by atoms with van der Waals surface area (Å²) in [5.74, 6) is 1.83. The maximum Gasteiger partial charge on any atom is 0.159 e. The molecule has 0 radical (unpaired) electrons. The number of fused-ring (bicyclic) bond motifs is 3. The monoisotopic (exact) mass is 395 g/mol. The number of hydrogen-bond acceptors (Lipinski definition) is 4. The zero-order valence-electron chi connectivity index (χ0n) is 13.9. The second kappa shape index (κ2) is 6.90. The molecule has 2 aromatic carbocycles. The minimum absolute atomic E-state index is 0.517. The Kier molecular flexibility index (Phi) is 4.46. The van der Waals surface area contributed by atoms with Crippen LogP contribution in [0.15, 0.2) is 58.0 Å². The topological polar surface area (TPSA) is 55.1 Å². The molecular formula is C19H18BrN5. The lowest BCUT2D eigenvalue weighted by atomic mass is 10.0. The Morgan fingerprint density at radius 2 is 1.96 bits per heavy atom. The summed E-state index contributed by atoms with van der Waals surface area (Å²) in [6.45, 7) is 1.37. The van der Waals surface area contributed by atoms with Crippen LogP contribution in [0.2, 0.25) is 0 Å². The van der Waals surface area contributed by atoms with Crippen molar-refractivity contribution in [1.82, 2.24) is 20.1 Å². The minimum atomic E-state index is 0.517. The summed E-state index contributed by atoms with van der Waals surface area (Å²) in [5, 5.41) is 12.0. The van der Waals surface area contributed by atoms with Crippen LogP contribution in [-0.4, -0.2) is 34.1 Å². The molecule has 25 heavy (non-hydrogen) atoms. The third-order valence-electron chi connectivity index (χ3n) is 4.28. The fraction of sp³-hybridized carbons (Fsp3) is 0.211. The van der Waals surface area contributed by atoms with Crippen LogP contribution in [-0.2, 0) is 13.0 Å². The van der Waals surface area contributed by atoms with Crippen LogP contribution in [0.5, 0.6) is 0 Å². The Morgan fingerprint density at radius 1 is 1.12 bits per heavy atom. The Bertz CT molecular complexity index is 930. The SMILES string of the molecule is CNCCc1nnc2n1-c1ccc(Br)cc1C(c1ccccc1)=NC2. The van der Waals surface area contributed by atoms with Crippen molar-refractivity contribution in [2.75, 3.05) is 13.6 Å². The van der Waals surface area contributed by atoms with E-state index >= 15 is 0 Å². The predicted molar refractivity (Wildman–Crippen MR) is 102 cm³/mol. The number of aromatic nitrogens is 3. The van der Waals surface area contributed by atoms with Gasteiger partial charge in [0.15, 0.2) is 5.82 Å². The molecule has 0 spiro atoms. The van der Waals surface area contributed by atoms with E-state index < -0.39 is 0 Å². The zero-order valence-corrected chi connectivity index (χ0v) is 15.5. The van der Waals surface area contributed by atoms with Crippen LogP contribution >= 0.6 is 15.9 Å². The van der Waals surface area contributed by atoms with E-state index in [0.717, 1.165) is 51.6 Å². The van der Waals surface area contributed by atoms with E-state index in [0.29, 0.717) is 6.54 Å². The number of likely N-dealkylation sites (N-methyl/N-ethyl adjacent to an activating group) is 1. The first-order valence-corrected chi connectivity index (χ1v) is 9.05. The second-order valence-corrected chi connectivity index (χ2v) is 6.83. The van der Waals surface area contributed by atoms with Gasteiger partial charge in [0.2, 0.25) is 0 Å². The van der Waals surface area contributed by atoms with Gasteiger partial charge in [0.05, 0.1) is 11.4 Å². The average molecular weight is 396 g/mol. The molecule has 0 saturated heterocycles. The highest BCUT2D eigenvalue weighted by atomic mass is 79.9. The molecule has 0 amide bonds. The lowest BCUT2D eigenvalue weighted by Crippen LogP contribution is -2.15. The van der Waals surface area contributed by atoms with Gasteiger partial charge in [0.25, 0.3) is 0 Å². The lowest BCUT2D eigenvalue weighted by molar-refractivity contribution is 0.735. The molecule has 5 nitrogen and oxygen atoms in total. The molecule has 1 aliphatic rings. The van der Waals surface area contributed by atoms with Gasteiger partial charge in [-0.2, -0.15) is 0 Å². The van der Waals surface area contributed by atoms with Gasteiger partial charge in [-0.25, -0.2) is 0 Å². The van der Waals surface area contributed by atoms with Crippen LogP contribution in [0.3, 0.4) is 0 Å². The van der Waals surface area contributed by atoms with Crippen LogP contribution < -0.4 is 5.32 Å². The van der Waals surface area contributed by atoms with E-state index in [4.69, 9.17) is 4.99 Å². The highest BCUT2D eigenvalue weighted by Crippen LogP contribution is 2.28. The van der Waals surface area contributed by atoms with Crippen molar-refractivity contribution in [3.8, 4) is 5.69 Å². The van der Waals surface area contributed by atoms with Gasteiger partial charge in [-0.05, 0) is 25.2 Å². The smallest absolute Gasteiger partial charge is 0.159 e. The zero-order chi connectivity index (χ0) is 17.2. The summed E-state index contributed by atoms with van der Waals surface area (Å²) >= 11 is 3.60. The van der Waals surface area contributed by atoms with Gasteiger partial charge in [0.1, 0.15) is 12.4 Å². The van der Waals surface area contributed by atoms with Crippen molar-refractivity contribution in [2.45, 2.75) is 13.0 Å². The quantitative estimate of drug-likeness (QED) is 0.737. The molecule has 126 valence electrons. The summed E-state index contributed by atoms with van der Waals surface area (Å²) in [5.41, 5.74) is 4.26. The third kappa shape index (κ3) is 3.03. The maximum atomic E-state index is 4.87. The van der Waals surface area contributed by atoms with E-state index in [9.17, 15) is 0 Å². The molecule has 1 aromatic heterocycles. The molecule has 0 atom stereocenters. The average Bonchev–Trinajstić information content (AvgIpc) is 2.96. The molecule has 2 heterocycles. The van der Waals surface area contributed by atoms with Crippen molar-refractivity contribution in [1.29, 1.82) is 0 Å². The van der Waals surface area contributed by atoms with Crippen LogP contribution in [0.1, 0.15) is 22.8 Å². The van der Waals surface area contributed by atoms with Crippen molar-refractivity contribution < 1.29 is 0 Å². The minimum Gasteiger partial charge on any atom is -0.319 e. The molecule has 4 rings (SSSR count). The number of nitrogens with one attached hydrogen (secondary N) is 1. The molecule has 0 bridgehead atoms. The number of hydrogen-bond donors (Lipinski definition) is 1. The number of rotatable bonds is 4. The van der Waals surface area contributed by atoms with E-state index in [2.05, 4.69) is 66.3 Å². The Labute approximate surface area is 155 Å². The van der Waals surface area contributed by atoms with Crippen molar-refractivity contribution in [3.63, 3.8) is 0 Å². The molecule has 0 aliphatic carbocycles. The number of nitrogens with zero attached hydrogens (tertiary/aromatic N) is 4. The maximum absolute atomic E-state index is 4.87. The van der Waals surface area contributed by atoms with Gasteiger partial charge >= 0.3 is 0 Å². The van der Waals surface area contributed by atoms with E-state index in [1.54, 1.807) is 0 Å². The van der Waals surface area contributed by atoms with Crippen molar-refractivity contribution in [3.05, 3.63) is 75.8 Å². The van der Waals surface area contributed by atoms with Crippen LogP contribution in [0.4, 0.5) is 0 Å². The Balaban J connectivity index is 1.90. The normalized spacial score (nSPS) is 13.0. The van der Waals surface area contributed by atoms with Gasteiger partial charge in [-0.1, -0.05) is 46.3 Å². The van der Waals surface area contributed by atoms with Gasteiger partial charge < -0.3 is 5.32 Å². The fourth-order valence-electron chi connectivity index (χ4n) is 3.10. The summed E-state index contributed by atoms with van der Waals surface area (Å²) < 4.78 is 3.18. The second-order valence-electron chi connectivity index (χ2n) is 5.91. The lowest BCUT2D eigenvalue weighted by Gasteiger charge is -2.14. The fourth-order valence-corrected chi connectivity index (χ4v) is 3.46. The molecule has 1 N–H and O–H groups in total. The largest absolute Gasteiger partial charge is 0.319 e. The standard InChI is InChI=1S/C19H18BrN5/c1-21-10-9-17-23-24-18-12-22-19(13-5-3-2-4-6-13)15-11-14(20)7-8-16(15)25(17)18/h2-8,11,21H,9-10,12H2,1H3. The van der Waals surface area contributed by atoms with Gasteiger partial charge in [-0.3, -0.25) is 9.56 Å². The summed E-state index contributed by atoms with van der Waals surface area (Å²) in [7, 11) is 1.95. The predicted octanol–water partition coefficient (Wildman–Crippen LogP) is 3.14. The van der Waals surface area contributed by atoms with E-state index in [1.165, 1.54) is 0 Å². The molecule has 0 fully saturated rings. The molecule has 3 aromatic rings. The Hall–Kier alpha value is -2.31. The molecule has 0 unspecified atom stereocenters. The highest BCUT2D eigenvalue weighted by Gasteiger charge is 2.22. The van der Waals surface area contributed by atoms with E-state index in [-0.39, 0.29) is 0 Å². The van der Waals surface area contributed by atoms with Crippen LogP contribution in [0.25, 0.3) is 5.69 Å². The summed E-state index contributed by atoms with van der Waals surface area (Å²) in [6.07, 6.45) is 0.819. The van der Waals surface area contributed by atoms with E-state index in [1.807, 2.05) is 25.2 Å². The first-order valence-electron chi connectivity index (χ1n) is 8.26. The third-order valence-corrected chi connectivity index (χ3v) is 4.77. The Morgan fingerprint density at radius 3 is 2.76 bits per heavy atom. The molecule has 6 heteroatoms. The van der Waals surface area contributed by atoms with Crippen LogP contribution in [0, 0.1) is 0 Å². The van der Waals surface area contributed by atoms with Gasteiger partial charge in [0, 0.05) is 28.6 Å². The first kappa shape index (κ1) is 16.2.